The monoisotopic (exact) mass is 460 g/mol. The summed E-state index contributed by atoms with van der Waals surface area (Å²) in [6.07, 6.45) is 11.6. The zero-order chi connectivity index (χ0) is 24.7. The normalized spacial score (nSPS) is 16.5. The van der Waals surface area contributed by atoms with Crippen LogP contribution in [-0.4, -0.2) is 77.6 Å². The number of nitrogens with one attached hydrogen (secondary N) is 1. The molecule has 0 fully saturated rings. The van der Waals surface area contributed by atoms with Gasteiger partial charge in [-0.3, -0.25) is 14.6 Å². The highest BCUT2D eigenvalue weighted by atomic mass is 16.5. The first-order valence-corrected chi connectivity index (χ1v) is 10.3. The third-order valence-corrected chi connectivity index (χ3v) is 5.16. The molecule has 3 N–H and O–H groups in total. The van der Waals surface area contributed by atoms with Crippen LogP contribution in [-0.2, 0) is 4.74 Å². The van der Waals surface area contributed by atoms with E-state index in [1.165, 1.54) is 29.0 Å². The first-order valence-electron chi connectivity index (χ1n) is 10.3. The van der Waals surface area contributed by atoms with Gasteiger partial charge in [0.25, 0.3) is 11.8 Å². The van der Waals surface area contributed by atoms with E-state index in [4.69, 9.17) is 17.6 Å². The van der Waals surface area contributed by atoms with Crippen molar-refractivity contribution in [2.45, 2.75) is 6.23 Å². The van der Waals surface area contributed by atoms with Crippen LogP contribution in [0, 0.1) is 24.7 Å². The number of carbonyl (C=O) groups excluding carboxylic acids is 2. The molecule has 1 atom stereocenters. The highest BCUT2D eigenvalue weighted by Gasteiger charge is 2.28. The molecule has 9 nitrogen and oxygen atoms in total. The largest absolute Gasteiger partial charge is 0.506 e. The van der Waals surface area contributed by atoms with Gasteiger partial charge in [-0.1, -0.05) is 24.0 Å². The molecule has 174 valence electrons. The number of amides is 2. The predicted molar refractivity (Wildman–Crippen MR) is 128 cm³/mol. The number of aromatic hydroxyl groups is 2. The Morgan fingerprint density at radius 3 is 2.32 bits per heavy atom. The average Bonchev–Trinajstić information content (AvgIpc) is 3.07. The number of hydrogen-bond acceptors (Lipinski definition) is 7. The second-order valence-electron chi connectivity index (χ2n) is 7.33. The molecule has 2 amide bonds. The Labute approximate surface area is 197 Å². The summed E-state index contributed by atoms with van der Waals surface area (Å²) in [6, 6.07) is 9.52. The fraction of sp³-hybridized carbons (Fsp3) is 0.240. The third-order valence-electron chi connectivity index (χ3n) is 5.16. The molecule has 2 aromatic rings. The lowest BCUT2D eigenvalue weighted by Gasteiger charge is -2.21. The molecule has 2 aliphatic heterocycles. The van der Waals surface area contributed by atoms with Crippen molar-refractivity contribution in [3.63, 3.8) is 0 Å². The highest BCUT2D eigenvalue weighted by molar-refractivity contribution is 6.03. The molecular formula is C25H24N4O5. The molecule has 0 aliphatic carbocycles. The molecule has 0 radical (unpaired) electrons. The van der Waals surface area contributed by atoms with E-state index in [-0.39, 0.29) is 36.4 Å². The predicted octanol–water partition coefficient (Wildman–Crippen LogP) is 2.05. The summed E-state index contributed by atoms with van der Waals surface area (Å²) in [4.78, 5) is 31.3. The van der Waals surface area contributed by atoms with Crippen molar-refractivity contribution in [3.8, 4) is 36.2 Å². The van der Waals surface area contributed by atoms with Crippen LogP contribution in [0.15, 0.2) is 41.4 Å². The van der Waals surface area contributed by atoms with Gasteiger partial charge in [0, 0.05) is 13.3 Å². The van der Waals surface area contributed by atoms with Crippen LogP contribution in [0.3, 0.4) is 0 Å². The van der Waals surface area contributed by atoms with Gasteiger partial charge < -0.3 is 30.1 Å². The summed E-state index contributed by atoms with van der Waals surface area (Å²) < 4.78 is 5.22. The van der Waals surface area contributed by atoms with E-state index in [9.17, 15) is 19.8 Å². The number of nitrogens with zero attached hydrogens (tertiary/aromatic N) is 3. The van der Waals surface area contributed by atoms with E-state index >= 15 is 0 Å². The molecule has 2 heterocycles. The Bertz CT molecular complexity index is 1190. The number of rotatable bonds is 3. The molecule has 2 aliphatic rings. The molecule has 9 heteroatoms. The Hall–Kier alpha value is -4.47. The Morgan fingerprint density at radius 1 is 1.03 bits per heavy atom. The molecule has 4 rings (SSSR count). The van der Waals surface area contributed by atoms with Crippen LogP contribution in [0.25, 0.3) is 0 Å². The maximum Gasteiger partial charge on any atom is 0.257 e. The smallest absolute Gasteiger partial charge is 0.257 e. The lowest BCUT2D eigenvalue weighted by atomic mass is 10.1. The van der Waals surface area contributed by atoms with Crippen molar-refractivity contribution in [2.75, 3.05) is 38.6 Å². The van der Waals surface area contributed by atoms with E-state index in [2.05, 4.69) is 22.2 Å². The summed E-state index contributed by atoms with van der Waals surface area (Å²) in [5.41, 5.74) is 1.47. The molecule has 0 saturated heterocycles. The summed E-state index contributed by atoms with van der Waals surface area (Å²) >= 11 is 0. The second kappa shape index (κ2) is 10.9. The summed E-state index contributed by atoms with van der Waals surface area (Å²) in [6.45, 7) is 1.13. The van der Waals surface area contributed by atoms with Crippen molar-refractivity contribution in [1.82, 2.24) is 9.80 Å². The molecule has 2 aromatic carbocycles. The zero-order valence-corrected chi connectivity index (χ0v) is 18.6. The molecule has 0 aromatic heterocycles. The van der Waals surface area contributed by atoms with Crippen LogP contribution in [0.5, 0.6) is 11.5 Å². The lowest BCUT2D eigenvalue weighted by molar-refractivity contribution is 0.0618. The van der Waals surface area contributed by atoms with Gasteiger partial charge in [0.2, 0.25) is 0 Å². The average molecular weight is 460 g/mol. The van der Waals surface area contributed by atoms with Crippen molar-refractivity contribution in [2.24, 2.45) is 4.99 Å². The minimum absolute atomic E-state index is 0.00431. The number of terminal acetylenes is 2. The van der Waals surface area contributed by atoms with Gasteiger partial charge in [-0.2, -0.15) is 0 Å². The maximum absolute atomic E-state index is 12.3. The van der Waals surface area contributed by atoms with Gasteiger partial charge in [0.05, 0.1) is 43.0 Å². The number of ether oxygens (including phenoxy) is 1. The third kappa shape index (κ3) is 5.12. The number of anilines is 1. The molecule has 0 bridgehead atoms. The first kappa shape index (κ1) is 24.2. The SMILES string of the molecule is C#CCN1CC(OC)Nc2c(O)cccc2C1=O.C#CCN1CC=Nc2c(O)cccc2C1=O. The highest BCUT2D eigenvalue weighted by Crippen LogP contribution is 2.32. The van der Waals surface area contributed by atoms with E-state index in [1.807, 2.05) is 0 Å². The maximum atomic E-state index is 12.3. The van der Waals surface area contributed by atoms with Crippen molar-refractivity contribution < 1.29 is 24.5 Å². The van der Waals surface area contributed by atoms with E-state index < -0.39 is 6.23 Å². The van der Waals surface area contributed by atoms with Crippen molar-refractivity contribution >= 4 is 29.4 Å². The molecule has 1 unspecified atom stereocenters. The number of fused-ring (bicyclic) bond motifs is 2. The summed E-state index contributed by atoms with van der Waals surface area (Å²) in [5, 5.41) is 22.4. The summed E-state index contributed by atoms with van der Waals surface area (Å²) in [7, 11) is 1.53. The second-order valence-corrected chi connectivity index (χ2v) is 7.33. The Balaban J connectivity index is 0.000000192. The molecule has 0 saturated carbocycles. The number of methoxy groups -OCH3 is 1. The van der Waals surface area contributed by atoms with Crippen LogP contribution >= 0.6 is 0 Å². The van der Waals surface area contributed by atoms with Crippen LogP contribution in [0.4, 0.5) is 11.4 Å². The van der Waals surface area contributed by atoms with Crippen LogP contribution in [0.2, 0.25) is 0 Å². The molecule has 0 spiro atoms. The number of para-hydroxylation sites is 2. The minimum Gasteiger partial charge on any atom is -0.506 e. The fourth-order valence-corrected chi connectivity index (χ4v) is 3.48. The van der Waals surface area contributed by atoms with Gasteiger partial charge in [0.15, 0.2) is 0 Å². The topological polar surface area (TPSA) is 115 Å². The first-order chi connectivity index (χ1) is 16.4. The number of benzene rings is 2. The van der Waals surface area contributed by atoms with E-state index in [0.717, 1.165) is 0 Å². The molecular weight excluding hydrogens is 436 g/mol. The summed E-state index contributed by atoms with van der Waals surface area (Å²) in [5.74, 6) is 4.47. The Morgan fingerprint density at radius 2 is 1.65 bits per heavy atom. The van der Waals surface area contributed by atoms with Gasteiger partial charge in [-0.25, -0.2) is 0 Å². The number of phenols is 2. The Kier molecular flexibility index (Phi) is 7.75. The van der Waals surface area contributed by atoms with Gasteiger partial charge in [-0.05, 0) is 24.3 Å². The number of phenolic OH excluding ortho intramolecular Hbond substituents is 2. The lowest BCUT2D eigenvalue weighted by Crippen LogP contribution is -2.38. The van der Waals surface area contributed by atoms with Gasteiger partial charge >= 0.3 is 0 Å². The standard InChI is InChI=1S/C13H14N2O3.C12H10N2O2/c1-3-7-15-8-11(18-2)14-12-9(13(15)17)5-4-6-10(12)16;1-2-7-14-8-6-13-11-9(12(14)16)4-3-5-10(11)15/h1,4-6,11,14,16H,7-8H2,2H3;1,3-6,15H,7-8H2. The van der Waals surface area contributed by atoms with E-state index in [1.54, 1.807) is 30.5 Å². The van der Waals surface area contributed by atoms with E-state index in [0.29, 0.717) is 35.6 Å². The van der Waals surface area contributed by atoms with Crippen molar-refractivity contribution in [3.05, 3.63) is 47.5 Å². The number of aliphatic imine (C=N–C) groups is 1. The minimum atomic E-state index is -0.406. The number of carbonyl (C=O) groups is 2. The van der Waals surface area contributed by atoms with Crippen LogP contribution in [0.1, 0.15) is 20.7 Å². The number of hydrogen-bond donors (Lipinski definition) is 3. The van der Waals surface area contributed by atoms with Gasteiger partial charge in [0.1, 0.15) is 23.4 Å². The fourth-order valence-electron chi connectivity index (χ4n) is 3.48. The quantitative estimate of drug-likeness (QED) is 0.477. The van der Waals surface area contributed by atoms with Crippen molar-refractivity contribution in [1.29, 1.82) is 0 Å². The molecule has 34 heavy (non-hydrogen) atoms. The van der Waals surface area contributed by atoms with Crippen LogP contribution < -0.4 is 5.32 Å². The zero-order valence-electron chi connectivity index (χ0n) is 18.6. The van der Waals surface area contributed by atoms with Gasteiger partial charge in [-0.15, -0.1) is 12.8 Å².